The van der Waals surface area contributed by atoms with Gasteiger partial charge in [-0.1, -0.05) is 60.7 Å². The van der Waals surface area contributed by atoms with Crippen LogP contribution in [-0.2, 0) is 9.59 Å². The summed E-state index contributed by atoms with van der Waals surface area (Å²) in [6, 6.07) is 17.3. The number of amides is 2. The second-order valence-corrected chi connectivity index (χ2v) is 6.46. The first-order valence-corrected chi connectivity index (χ1v) is 9.32. The van der Waals surface area contributed by atoms with Gasteiger partial charge >= 0.3 is 0 Å². The third-order valence-corrected chi connectivity index (χ3v) is 4.30. The molecule has 0 radical (unpaired) electrons. The second-order valence-electron chi connectivity index (χ2n) is 6.46. The van der Waals surface area contributed by atoms with Crippen molar-refractivity contribution in [3.05, 3.63) is 81.9 Å². The summed E-state index contributed by atoms with van der Waals surface area (Å²) in [6.07, 6.45) is 0.683. The van der Waals surface area contributed by atoms with Gasteiger partial charge in [-0.05, 0) is 30.5 Å². The first kappa shape index (κ1) is 22.5. The Morgan fingerprint density at radius 2 is 1.53 bits per heavy atom. The molecule has 6 N–H and O–H groups in total. The van der Waals surface area contributed by atoms with Gasteiger partial charge in [0.2, 0.25) is 11.8 Å². The number of nitrogens with one attached hydrogen (secondary N) is 2. The molecule has 10 nitrogen and oxygen atoms in total. The molecule has 0 heterocycles. The van der Waals surface area contributed by atoms with Crippen LogP contribution in [0.5, 0.6) is 0 Å². The highest BCUT2D eigenvalue weighted by molar-refractivity contribution is 6.00. The van der Waals surface area contributed by atoms with Gasteiger partial charge in [0.05, 0.1) is 5.92 Å². The average molecular weight is 412 g/mol. The fourth-order valence-corrected chi connectivity index (χ4v) is 2.96. The number of nitro groups is 1. The topological polar surface area (TPSA) is 166 Å². The molecule has 0 saturated heterocycles. The molecular formula is C20H24N6O4. The molecule has 1 atom stereocenters. The third-order valence-electron chi connectivity index (χ3n) is 4.30. The maximum Gasteiger partial charge on any atom is 0.272 e. The molecule has 10 heteroatoms. The van der Waals surface area contributed by atoms with Crippen LogP contribution in [0, 0.1) is 10.1 Å². The van der Waals surface area contributed by atoms with E-state index in [1.165, 1.54) is 0 Å². The van der Waals surface area contributed by atoms with Crippen LogP contribution in [0.4, 0.5) is 0 Å². The number of nitrogens with zero attached hydrogens (tertiary/aromatic N) is 2. The molecule has 2 rings (SSSR count). The van der Waals surface area contributed by atoms with Crippen LogP contribution in [-0.4, -0.2) is 35.4 Å². The zero-order valence-electron chi connectivity index (χ0n) is 16.2. The molecule has 0 fully saturated rings. The number of hydrogen-bond acceptors (Lipinski definition) is 5. The minimum Gasteiger partial charge on any atom is -0.364 e. The molecule has 0 spiro atoms. The summed E-state index contributed by atoms with van der Waals surface area (Å²) < 4.78 is 0. The monoisotopic (exact) mass is 412 g/mol. The number of guanidine groups is 1. The van der Waals surface area contributed by atoms with Crippen molar-refractivity contribution in [3.8, 4) is 0 Å². The molecule has 2 aromatic rings. The molecular weight excluding hydrogens is 388 g/mol. The third kappa shape index (κ3) is 6.67. The Labute approximate surface area is 173 Å². The fourth-order valence-electron chi connectivity index (χ4n) is 2.96. The maximum absolute atomic E-state index is 13.2. The molecule has 0 aliphatic rings. The number of hydrazone groups is 1. The SMILES string of the molecule is NCCC[C@H](NC(=O)C(c1ccccc1)c1ccccc1)C(=O)NC(N)=N[N+](=O)[O-]. The summed E-state index contributed by atoms with van der Waals surface area (Å²) in [5, 5.41) is 17.1. The number of carbonyl (C=O) groups is 2. The normalized spacial score (nSPS) is 12.3. The Kier molecular flexibility index (Phi) is 8.45. The number of benzene rings is 2. The molecule has 0 aromatic heterocycles. The molecule has 30 heavy (non-hydrogen) atoms. The van der Waals surface area contributed by atoms with E-state index in [4.69, 9.17) is 11.5 Å². The van der Waals surface area contributed by atoms with E-state index in [0.29, 0.717) is 13.0 Å². The van der Waals surface area contributed by atoms with Gasteiger partial charge in [-0.2, -0.15) is 0 Å². The zero-order chi connectivity index (χ0) is 21.9. The zero-order valence-corrected chi connectivity index (χ0v) is 16.2. The van der Waals surface area contributed by atoms with Crippen molar-refractivity contribution in [2.75, 3.05) is 6.54 Å². The van der Waals surface area contributed by atoms with Crippen molar-refractivity contribution < 1.29 is 14.6 Å². The Bertz CT molecular complexity index is 849. The number of carbonyl (C=O) groups excluding carboxylic acids is 2. The molecule has 2 aromatic carbocycles. The summed E-state index contributed by atoms with van der Waals surface area (Å²) >= 11 is 0. The lowest BCUT2D eigenvalue weighted by Crippen LogP contribution is -2.51. The molecule has 158 valence electrons. The van der Waals surface area contributed by atoms with Gasteiger partial charge in [-0.3, -0.25) is 14.9 Å². The standard InChI is InChI=1S/C20H24N6O4/c21-13-7-12-16(18(27)24-20(22)25-26(29)30)23-19(28)17(14-8-3-1-4-9-14)15-10-5-2-6-11-15/h1-6,8-11,16-17H,7,12-13,21H2,(H,23,28)(H3,22,24,25,27)/t16-/m0/s1. The highest BCUT2D eigenvalue weighted by atomic mass is 16.7. The van der Waals surface area contributed by atoms with Crippen molar-refractivity contribution in [3.63, 3.8) is 0 Å². The predicted octanol–water partition coefficient (Wildman–Crippen LogP) is 0.665. The van der Waals surface area contributed by atoms with Crippen molar-refractivity contribution >= 4 is 17.8 Å². The van der Waals surface area contributed by atoms with E-state index in [-0.39, 0.29) is 6.42 Å². The molecule has 0 bridgehead atoms. The summed E-state index contributed by atoms with van der Waals surface area (Å²) in [4.78, 5) is 36.1. The summed E-state index contributed by atoms with van der Waals surface area (Å²) in [7, 11) is 0. The van der Waals surface area contributed by atoms with Gasteiger partial charge in [0.15, 0.2) is 5.03 Å². The highest BCUT2D eigenvalue weighted by Gasteiger charge is 2.28. The Balaban J connectivity index is 2.26. The first-order chi connectivity index (χ1) is 14.4. The lowest BCUT2D eigenvalue weighted by molar-refractivity contribution is -0.485. The van der Waals surface area contributed by atoms with Crippen molar-refractivity contribution in [2.24, 2.45) is 16.6 Å². The van der Waals surface area contributed by atoms with Gasteiger partial charge in [0.1, 0.15) is 11.1 Å². The van der Waals surface area contributed by atoms with Gasteiger partial charge < -0.3 is 16.8 Å². The lowest BCUT2D eigenvalue weighted by atomic mass is 9.90. The van der Waals surface area contributed by atoms with Crippen LogP contribution in [0.3, 0.4) is 0 Å². The van der Waals surface area contributed by atoms with Crippen LogP contribution < -0.4 is 22.1 Å². The summed E-state index contributed by atoms with van der Waals surface area (Å²) in [5.41, 5.74) is 12.4. The number of hydrogen-bond donors (Lipinski definition) is 4. The van der Waals surface area contributed by atoms with Crippen molar-refractivity contribution in [2.45, 2.75) is 24.8 Å². The van der Waals surface area contributed by atoms with Crippen LogP contribution in [0.15, 0.2) is 65.8 Å². The van der Waals surface area contributed by atoms with E-state index in [9.17, 15) is 19.7 Å². The number of rotatable bonds is 9. The van der Waals surface area contributed by atoms with Crippen molar-refractivity contribution in [1.29, 1.82) is 0 Å². The minimum absolute atomic E-state index is 0.232. The van der Waals surface area contributed by atoms with Gasteiger partial charge in [-0.25, -0.2) is 10.1 Å². The molecule has 2 amide bonds. The van der Waals surface area contributed by atoms with E-state index >= 15 is 0 Å². The largest absolute Gasteiger partial charge is 0.364 e. The molecule has 0 aliphatic heterocycles. The smallest absolute Gasteiger partial charge is 0.272 e. The van der Waals surface area contributed by atoms with Crippen LogP contribution >= 0.6 is 0 Å². The lowest BCUT2D eigenvalue weighted by Gasteiger charge is -2.22. The second kappa shape index (κ2) is 11.3. The van der Waals surface area contributed by atoms with Crippen molar-refractivity contribution in [1.82, 2.24) is 10.6 Å². The van der Waals surface area contributed by atoms with Crippen LogP contribution in [0.1, 0.15) is 29.9 Å². The van der Waals surface area contributed by atoms with Gasteiger partial charge in [-0.15, -0.1) is 0 Å². The van der Waals surface area contributed by atoms with E-state index in [1.807, 2.05) is 60.7 Å². The van der Waals surface area contributed by atoms with E-state index in [1.54, 1.807) is 0 Å². The Hall–Kier alpha value is -3.79. The Morgan fingerprint density at radius 1 is 1.00 bits per heavy atom. The van der Waals surface area contributed by atoms with Crippen LogP contribution in [0.2, 0.25) is 0 Å². The van der Waals surface area contributed by atoms with Crippen LogP contribution in [0.25, 0.3) is 0 Å². The minimum atomic E-state index is -1.02. The van der Waals surface area contributed by atoms with Gasteiger partial charge in [0.25, 0.3) is 5.96 Å². The summed E-state index contributed by atoms with van der Waals surface area (Å²) in [6.45, 7) is 0.304. The predicted molar refractivity (Wildman–Crippen MR) is 112 cm³/mol. The van der Waals surface area contributed by atoms with E-state index in [2.05, 4.69) is 15.7 Å². The Morgan fingerprint density at radius 3 is 2.00 bits per heavy atom. The number of nitrogens with two attached hydrogens (primary N) is 2. The first-order valence-electron chi connectivity index (χ1n) is 9.32. The fraction of sp³-hybridized carbons (Fsp3) is 0.250. The maximum atomic E-state index is 13.2. The molecule has 0 aliphatic carbocycles. The van der Waals surface area contributed by atoms with E-state index < -0.39 is 34.8 Å². The molecule has 0 unspecified atom stereocenters. The average Bonchev–Trinajstić information content (AvgIpc) is 2.72. The molecule has 0 saturated carbocycles. The summed E-state index contributed by atoms with van der Waals surface area (Å²) in [5.74, 6) is -2.42. The highest BCUT2D eigenvalue weighted by Crippen LogP contribution is 2.25. The van der Waals surface area contributed by atoms with E-state index in [0.717, 1.165) is 11.1 Å². The quantitative estimate of drug-likeness (QED) is 0.204. The van der Waals surface area contributed by atoms with Gasteiger partial charge in [0, 0.05) is 0 Å².